The normalized spacial score (nSPS) is 13.2. The van der Waals surface area contributed by atoms with E-state index < -0.39 is 18.1 Å². The highest BCUT2D eigenvalue weighted by Gasteiger charge is 2.31. The zero-order valence-corrected chi connectivity index (χ0v) is 41.8. The van der Waals surface area contributed by atoms with Gasteiger partial charge in [-0.1, -0.05) is 191 Å². The average Bonchev–Trinajstić information content (AvgIpc) is 3.24. The predicted octanol–water partition coefficient (Wildman–Crippen LogP) is 15.1. The molecule has 0 rings (SSSR count). The Morgan fingerprint density at radius 3 is 1.33 bits per heavy atom. The maximum absolute atomic E-state index is 12.8. The van der Waals surface area contributed by atoms with Gasteiger partial charge >= 0.3 is 17.9 Å². The fourth-order valence-electron chi connectivity index (χ4n) is 7.69. The predicted molar refractivity (Wildman–Crippen MR) is 266 cm³/mol. The van der Waals surface area contributed by atoms with Crippen molar-refractivity contribution >= 4 is 17.9 Å². The van der Waals surface area contributed by atoms with Gasteiger partial charge in [-0.3, -0.25) is 9.59 Å². The number of hydrogen-bond donors (Lipinski definition) is 1. The molecule has 8 heteroatoms. The lowest BCUT2D eigenvalue weighted by Crippen LogP contribution is -2.50. The molecule has 0 aliphatic rings. The minimum atomic E-state index is -0.875. The molecule has 0 aliphatic carbocycles. The van der Waals surface area contributed by atoms with Gasteiger partial charge in [-0.15, -0.1) is 0 Å². The lowest BCUT2D eigenvalue weighted by atomic mass is 10.0. The monoisotopic (exact) mass is 887 g/mol. The third kappa shape index (κ3) is 44.3. The lowest BCUT2D eigenvalue weighted by Gasteiger charge is -2.31. The summed E-state index contributed by atoms with van der Waals surface area (Å²) in [6.45, 7) is 4.64. The number of esters is 2. The zero-order valence-electron chi connectivity index (χ0n) is 41.8. The van der Waals surface area contributed by atoms with Crippen molar-refractivity contribution in [1.29, 1.82) is 0 Å². The Morgan fingerprint density at radius 1 is 0.492 bits per heavy atom. The lowest BCUT2D eigenvalue weighted by molar-refractivity contribution is -0.887. The molecule has 0 saturated heterocycles. The number of carboxylic acids is 1. The van der Waals surface area contributed by atoms with E-state index in [4.69, 9.17) is 14.2 Å². The Labute approximate surface area is 388 Å². The molecule has 0 saturated carbocycles. The van der Waals surface area contributed by atoms with E-state index in [0.29, 0.717) is 19.3 Å². The van der Waals surface area contributed by atoms with E-state index in [2.05, 4.69) is 62.5 Å². The van der Waals surface area contributed by atoms with Crippen molar-refractivity contribution in [3.63, 3.8) is 0 Å². The molecule has 0 aromatic heterocycles. The van der Waals surface area contributed by atoms with E-state index in [1.807, 2.05) is 21.1 Å². The van der Waals surface area contributed by atoms with Crippen LogP contribution >= 0.6 is 0 Å². The summed E-state index contributed by atoms with van der Waals surface area (Å²) in [5, 5.41) is 9.66. The second-order valence-corrected chi connectivity index (χ2v) is 18.7. The van der Waals surface area contributed by atoms with Crippen LogP contribution in [0.3, 0.4) is 0 Å². The third-order valence-electron chi connectivity index (χ3n) is 11.7. The van der Waals surface area contributed by atoms with Gasteiger partial charge in [0, 0.05) is 19.3 Å². The first-order valence-electron chi connectivity index (χ1n) is 26.2. The minimum Gasteiger partial charge on any atom is -0.477 e. The maximum Gasteiger partial charge on any atom is 0.362 e. The van der Waals surface area contributed by atoms with Crippen molar-refractivity contribution in [3.8, 4) is 0 Å². The summed E-state index contributed by atoms with van der Waals surface area (Å²) >= 11 is 0. The summed E-state index contributed by atoms with van der Waals surface area (Å²) in [5.74, 6) is -1.47. The molecule has 0 aromatic carbocycles. The Hall–Kier alpha value is -2.71. The largest absolute Gasteiger partial charge is 0.477 e. The van der Waals surface area contributed by atoms with E-state index in [9.17, 15) is 19.5 Å². The summed E-state index contributed by atoms with van der Waals surface area (Å²) < 4.78 is 17.4. The molecule has 1 N–H and O–H groups in total. The Kier molecular flexibility index (Phi) is 43.9. The van der Waals surface area contributed by atoms with Crippen LogP contribution in [-0.4, -0.2) is 80.6 Å². The molecular formula is C55H100NO7+. The van der Waals surface area contributed by atoms with Gasteiger partial charge in [0.15, 0.2) is 12.1 Å². The Balaban J connectivity index is 4.24. The van der Waals surface area contributed by atoms with E-state index in [1.54, 1.807) is 0 Å². The summed E-state index contributed by atoms with van der Waals surface area (Å²) in [6.07, 6.45) is 55.9. The van der Waals surface area contributed by atoms with Gasteiger partial charge in [-0.25, -0.2) is 4.79 Å². The van der Waals surface area contributed by atoms with Crippen molar-refractivity contribution in [2.75, 3.05) is 41.0 Å². The molecule has 63 heavy (non-hydrogen) atoms. The average molecular weight is 887 g/mol. The number of carbonyl (C=O) groups excluding carboxylic acids is 2. The van der Waals surface area contributed by atoms with Crippen molar-refractivity contribution in [2.45, 2.75) is 244 Å². The van der Waals surface area contributed by atoms with E-state index >= 15 is 0 Å². The molecule has 0 amide bonds. The molecule has 0 aliphatic heterocycles. The fraction of sp³-hybridized carbons (Fsp3) is 0.800. The van der Waals surface area contributed by atoms with E-state index in [0.717, 1.165) is 64.2 Å². The van der Waals surface area contributed by atoms with Crippen molar-refractivity contribution < 1.29 is 38.2 Å². The standard InChI is InChI=1S/C55H99NO7/c1-6-8-10-12-14-16-18-20-22-24-26-27-28-30-32-34-36-38-40-42-44-46-54(58)63-51(49-61-48-47-52(55(59)60)56(3,4)5)50-62-53(57)45-43-41-39-37-35-33-31-29-25-23-21-19-17-15-13-11-9-7-2/h8,10,14,16,20,22,29,31,51-52H,6-7,9,11-13,15,17-19,21,23-28,30,32-50H2,1-5H3/p+1/b10-8+,16-14+,22-20+,31-29+. The number of carboxylic acid groups (broad SMARTS) is 1. The molecule has 2 atom stereocenters. The number of aliphatic carboxylic acids is 1. The number of allylic oxidation sites excluding steroid dienone is 8. The smallest absolute Gasteiger partial charge is 0.362 e. The molecule has 8 nitrogen and oxygen atoms in total. The van der Waals surface area contributed by atoms with Gasteiger partial charge in [0.1, 0.15) is 6.61 Å². The second-order valence-electron chi connectivity index (χ2n) is 18.7. The van der Waals surface area contributed by atoms with Crippen LogP contribution in [0.15, 0.2) is 48.6 Å². The molecule has 0 radical (unpaired) electrons. The topological polar surface area (TPSA) is 99.1 Å². The summed E-state index contributed by atoms with van der Waals surface area (Å²) in [5.41, 5.74) is 0. The van der Waals surface area contributed by atoms with Crippen LogP contribution in [-0.2, 0) is 28.6 Å². The molecule has 0 heterocycles. The number of likely N-dealkylation sites (N-methyl/N-ethyl adjacent to an activating group) is 1. The molecular weight excluding hydrogens is 787 g/mol. The quantitative estimate of drug-likeness (QED) is 0.0281. The van der Waals surface area contributed by atoms with E-state index in [1.165, 1.54) is 135 Å². The molecule has 0 bridgehead atoms. The highest BCUT2D eigenvalue weighted by Crippen LogP contribution is 2.16. The highest BCUT2D eigenvalue weighted by molar-refractivity contribution is 5.72. The number of quaternary nitrogens is 1. The zero-order chi connectivity index (χ0) is 46.3. The van der Waals surface area contributed by atoms with Crippen LogP contribution in [0.25, 0.3) is 0 Å². The van der Waals surface area contributed by atoms with Crippen LogP contribution in [0.5, 0.6) is 0 Å². The number of hydrogen-bond acceptors (Lipinski definition) is 6. The van der Waals surface area contributed by atoms with Crippen LogP contribution < -0.4 is 0 Å². The first-order chi connectivity index (χ1) is 30.6. The summed E-state index contributed by atoms with van der Waals surface area (Å²) in [4.78, 5) is 37.2. The van der Waals surface area contributed by atoms with Crippen molar-refractivity contribution in [3.05, 3.63) is 48.6 Å². The Bertz CT molecular complexity index is 1170. The summed E-state index contributed by atoms with van der Waals surface area (Å²) in [7, 11) is 5.54. The van der Waals surface area contributed by atoms with Crippen LogP contribution in [0.2, 0.25) is 0 Å². The van der Waals surface area contributed by atoms with Crippen LogP contribution in [0.1, 0.15) is 232 Å². The SMILES string of the molecule is CC/C=C/C/C=C/C/C=C/CCCCCCCCCCCCCC(=O)OC(COCCC(C(=O)O)[N+](C)(C)C)COC(=O)CCCCCCC/C=C/CCCCCCCCCCC. The molecule has 0 aromatic rings. The van der Waals surface area contributed by atoms with E-state index in [-0.39, 0.29) is 36.2 Å². The van der Waals surface area contributed by atoms with Gasteiger partial charge < -0.3 is 23.8 Å². The number of unbranched alkanes of at least 4 members (excludes halogenated alkanes) is 25. The fourth-order valence-corrected chi connectivity index (χ4v) is 7.69. The first-order valence-corrected chi connectivity index (χ1v) is 26.2. The molecule has 0 spiro atoms. The highest BCUT2D eigenvalue weighted by atomic mass is 16.6. The van der Waals surface area contributed by atoms with Crippen LogP contribution in [0.4, 0.5) is 0 Å². The van der Waals surface area contributed by atoms with Gasteiger partial charge in [0.2, 0.25) is 0 Å². The van der Waals surface area contributed by atoms with Crippen molar-refractivity contribution in [1.82, 2.24) is 0 Å². The van der Waals surface area contributed by atoms with Gasteiger partial charge in [0.25, 0.3) is 0 Å². The molecule has 0 fully saturated rings. The Morgan fingerprint density at radius 2 is 0.889 bits per heavy atom. The number of rotatable bonds is 47. The van der Waals surface area contributed by atoms with Gasteiger partial charge in [-0.2, -0.15) is 0 Å². The number of carbonyl (C=O) groups is 3. The van der Waals surface area contributed by atoms with Gasteiger partial charge in [0.05, 0.1) is 34.4 Å². The first kappa shape index (κ1) is 60.3. The minimum absolute atomic E-state index is 0.0554. The second kappa shape index (κ2) is 45.8. The molecule has 366 valence electrons. The number of nitrogens with zero attached hydrogens (tertiary/aromatic N) is 1. The van der Waals surface area contributed by atoms with Gasteiger partial charge in [-0.05, 0) is 70.6 Å². The number of ether oxygens (including phenoxy) is 3. The van der Waals surface area contributed by atoms with Crippen LogP contribution in [0, 0.1) is 0 Å². The third-order valence-corrected chi connectivity index (χ3v) is 11.7. The summed E-state index contributed by atoms with van der Waals surface area (Å²) in [6, 6.07) is -0.617. The van der Waals surface area contributed by atoms with Crippen molar-refractivity contribution in [2.24, 2.45) is 0 Å². The maximum atomic E-state index is 12.8. The molecule has 2 unspecified atom stereocenters.